The first-order valence-corrected chi connectivity index (χ1v) is 16.9. The molecule has 238 valence electrons. The second-order valence-electron chi connectivity index (χ2n) is 11.3. The molecule has 0 amide bonds. The lowest BCUT2D eigenvalue weighted by molar-refractivity contribution is -0.138. The summed E-state index contributed by atoms with van der Waals surface area (Å²) in [7, 11) is 0. The molecule has 0 bridgehead atoms. The number of carbonyl (C=O) groups is 1. The van der Waals surface area contributed by atoms with Crippen LogP contribution < -0.4 is 19.6 Å². The van der Waals surface area contributed by atoms with Crippen LogP contribution >= 0.6 is 27.3 Å². The van der Waals surface area contributed by atoms with E-state index in [1.54, 1.807) is 41.8 Å². The second kappa shape index (κ2) is 14.0. The average molecular weight is 712 g/mol. The number of thiazole rings is 1. The predicted molar refractivity (Wildman–Crippen MR) is 186 cm³/mol. The fourth-order valence-electron chi connectivity index (χ4n) is 5.47. The van der Waals surface area contributed by atoms with Crippen molar-refractivity contribution in [1.82, 2.24) is 4.57 Å². The summed E-state index contributed by atoms with van der Waals surface area (Å²) >= 11 is 4.82. The van der Waals surface area contributed by atoms with Gasteiger partial charge in [-0.2, -0.15) is 0 Å². The highest BCUT2D eigenvalue weighted by Crippen LogP contribution is 2.36. The molecule has 0 fully saturated rings. The smallest absolute Gasteiger partial charge is 0.338 e. The standard InChI is InChI=1S/C38H32BrFN2O4S/c1-4-45-37(44)33-34(26-10-6-5-7-11-26)41-38-42(35(33)27-17-15-25(16-18-27)23(2)3)36(43)32(47-38)21-24-14-19-31(29(39)20-24)46-22-28-12-8-9-13-30(28)40/h5-21,23,35H,4,22H2,1-3H3/b32-21-/t35-/m0/s1. The summed E-state index contributed by atoms with van der Waals surface area (Å²) in [6, 6.07) is 28.7. The third kappa shape index (κ3) is 6.77. The molecule has 0 spiro atoms. The van der Waals surface area contributed by atoms with Crippen LogP contribution in [-0.4, -0.2) is 17.1 Å². The summed E-state index contributed by atoms with van der Waals surface area (Å²) in [5.74, 6) is 0.0217. The van der Waals surface area contributed by atoms with E-state index in [1.807, 2.05) is 66.7 Å². The molecule has 6 nitrogen and oxygen atoms in total. The Morgan fingerprint density at radius 3 is 2.43 bits per heavy atom. The number of esters is 1. The van der Waals surface area contributed by atoms with Gasteiger partial charge in [0.2, 0.25) is 0 Å². The summed E-state index contributed by atoms with van der Waals surface area (Å²) < 4.78 is 28.2. The molecule has 5 aromatic rings. The number of hydrogen-bond acceptors (Lipinski definition) is 6. The van der Waals surface area contributed by atoms with Crippen LogP contribution in [0.15, 0.2) is 117 Å². The molecule has 0 saturated heterocycles. The maximum atomic E-state index is 14.2. The van der Waals surface area contributed by atoms with Crippen LogP contribution in [0.1, 0.15) is 60.5 Å². The normalized spacial score (nSPS) is 14.6. The molecule has 1 aromatic heterocycles. The lowest BCUT2D eigenvalue weighted by atomic mass is 9.91. The number of rotatable bonds is 9. The van der Waals surface area contributed by atoms with Crippen molar-refractivity contribution >= 4 is 45.0 Å². The van der Waals surface area contributed by atoms with Gasteiger partial charge in [-0.3, -0.25) is 9.36 Å². The summed E-state index contributed by atoms with van der Waals surface area (Å²) in [4.78, 5) is 33.3. The Morgan fingerprint density at radius 2 is 1.74 bits per heavy atom. The molecule has 6 rings (SSSR count). The van der Waals surface area contributed by atoms with Crippen LogP contribution in [0.5, 0.6) is 5.75 Å². The van der Waals surface area contributed by atoms with Crippen molar-refractivity contribution in [2.75, 3.05) is 6.61 Å². The third-order valence-corrected chi connectivity index (χ3v) is 9.49. The van der Waals surface area contributed by atoms with E-state index in [0.29, 0.717) is 42.3 Å². The van der Waals surface area contributed by atoms with E-state index in [-0.39, 0.29) is 24.6 Å². The topological polar surface area (TPSA) is 69.9 Å². The monoisotopic (exact) mass is 710 g/mol. The zero-order chi connectivity index (χ0) is 33.1. The van der Waals surface area contributed by atoms with Crippen molar-refractivity contribution in [3.63, 3.8) is 0 Å². The Balaban J connectivity index is 1.46. The molecular formula is C38H32BrFN2O4S. The summed E-state index contributed by atoms with van der Waals surface area (Å²) in [5, 5.41) is 0. The van der Waals surface area contributed by atoms with Crippen molar-refractivity contribution in [1.29, 1.82) is 0 Å². The fraction of sp³-hybridized carbons (Fsp3) is 0.184. The van der Waals surface area contributed by atoms with Crippen molar-refractivity contribution < 1.29 is 18.7 Å². The first kappa shape index (κ1) is 32.3. The van der Waals surface area contributed by atoms with E-state index in [2.05, 4.69) is 29.8 Å². The van der Waals surface area contributed by atoms with Crippen molar-refractivity contribution in [3.05, 3.63) is 160 Å². The minimum atomic E-state index is -0.746. The molecule has 1 atom stereocenters. The Hall–Kier alpha value is -4.60. The number of nitrogens with zero attached hydrogens (tertiary/aromatic N) is 2. The molecule has 0 radical (unpaired) electrons. The highest BCUT2D eigenvalue weighted by molar-refractivity contribution is 9.10. The van der Waals surface area contributed by atoms with Gasteiger partial charge in [0.1, 0.15) is 18.2 Å². The Labute approximate surface area is 284 Å². The summed E-state index contributed by atoms with van der Waals surface area (Å²) in [6.07, 6.45) is 1.80. The number of hydrogen-bond donors (Lipinski definition) is 0. The quantitative estimate of drug-likeness (QED) is 0.148. The largest absolute Gasteiger partial charge is 0.488 e. The Morgan fingerprint density at radius 1 is 1.02 bits per heavy atom. The van der Waals surface area contributed by atoms with Gasteiger partial charge >= 0.3 is 5.97 Å². The molecule has 0 saturated carbocycles. The van der Waals surface area contributed by atoms with Crippen molar-refractivity contribution in [2.45, 2.75) is 39.3 Å². The molecule has 0 aliphatic carbocycles. The van der Waals surface area contributed by atoms with Crippen molar-refractivity contribution in [3.8, 4) is 5.75 Å². The van der Waals surface area contributed by atoms with E-state index in [4.69, 9.17) is 14.5 Å². The minimum absolute atomic E-state index is 0.0773. The van der Waals surface area contributed by atoms with Gasteiger partial charge in [-0.25, -0.2) is 14.2 Å². The first-order valence-electron chi connectivity index (χ1n) is 15.3. The summed E-state index contributed by atoms with van der Waals surface area (Å²) in [5.41, 5.74) is 4.43. The first-order chi connectivity index (χ1) is 22.7. The van der Waals surface area contributed by atoms with Crippen LogP contribution in [0.3, 0.4) is 0 Å². The Kier molecular flexibility index (Phi) is 9.66. The number of aromatic nitrogens is 1. The van der Waals surface area contributed by atoms with Crippen LogP contribution in [0, 0.1) is 5.82 Å². The summed E-state index contributed by atoms with van der Waals surface area (Å²) in [6.45, 7) is 6.26. The van der Waals surface area contributed by atoms with Crippen molar-refractivity contribution in [2.24, 2.45) is 4.99 Å². The van der Waals surface area contributed by atoms with Gasteiger partial charge < -0.3 is 9.47 Å². The SMILES string of the molecule is CCOC(=O)C1=C(c2ccccc2)N=c2s/c(=C\c3ccc(OCc4ccccc4F)c(Br)c3)c(=O)n2[C@H]1c1ccc(C(C)C)cc1. The molecule has 1 aliphatic heterocycles. The lowest BCUT2D eigenvalue weighted by Crippen LogP contribution is -2.40. The van der Waals surface area contributed by atoms with Gasteiger partial charge in [-0.15, -0.1) is 0 Å². The fourth-order valence-corrected chi connectivity index (χ4v) is 6.98. The van der Waals surface area contributed by atoms with Gasteiger partial charge in [-0.05, 0) is 69.7 Å². The zero-order valence-electron chi connectivity index (χ0n) is 26.1. The number of ether oxygens (including phenoxy) is 2. The van der Waals surface area contributed by atoms with Gasteiger partial charge in [-0.1, -0.05) is 104 Å². The second-order valence-corrected chi connectivity index (χ2v) is 13.2. The van der Waals surface area contributed by atoms with Gasteiger partial charge in [0.25, 0.3) is 5.56 Å². The maximum Gasteiger partial charge on any atom is 0.338 e. The van der Waals surface area contributed by atoms with E-state index in [1.165, 1.54) is 17.4 Å². The molecule has 4 aromatic carbocycles. The van der Waals surface area contributed by atoms with E-state index in [0.717, 1.165) is 22.3 Å². The average Bonchev–Trinajstić information content (AvgIpc) is 3.38. The minimum Gasteiger partial charge on any atom is -0.488 e. The van der Waals surface area contributed by atoms with E-state index >= 15 is 0 Å². The highest BCUT2D eigenvalue weighted by atomic mass is 79.9. The number of halogens is 2. The Bertz CT molecular complexity index is 2150. The molecule has 9 heteroatoms. The van der Waals surface area contributed by atoms with E-state index < -0.39 is 12.0 Å². The molecule has 0 unspecified atom stereocenters. The highest BCUT2D eigenvalue weighted by Gasteiger charge is 2.35. The number of fused-ring (bicyclic) bond motifs is 1. The maximum absolute atomic E-state index is 14.2. The van der Waals surface area contributed by atoms with Crippen LogP contribution in [0.25, 0.3) is 11.8 Å². The third-order valence-electron chi connectivity index (χ3n) is 7.89. The lowest BCUT2D eigenvalue weighted by Gasteiger charge is -2.26. The molecular weight excluding hydrogens is 679 g/mol. The molecule has 1 aliphatic rings. The van der Waals surface area contributed by atoms with Gasteiger partial charge in [0, 0.05) is 11.1 Å². The van der Waals surface area contributed by atoms with Crippen LogP contribution in [-0.2, 0) is 16.1 Å². The predicted octanol–water partition coefficient (Wildman–Crippen LogP) is 7.54. The van der Waals surface area contributed by atoms with E-state index in [9.17, 15) is 14.0 Å². The van der Waals surface area contributed by atoms with Crippen LogP contribution in [0.2, 0.25) is 0 Å². The number of carbonyl (C=O) groups excluding carboxylic acids is 1. The molecule has 47 heavy (non-hydrogen) atoms. The zero-order valence-corrected chi connectivity index (χ0v) is 28.5. The molecule has 0 N–H and O–H groups in total. The molecule has 2 heterocycles. The van der Waals surface area contributed by atoms with Crippen LogP contribution in [0.4, 0.5) is 4.39 Å². The van der Waals surface area contributed by atoms with Gasteiger partial charge in [0.05, 0.1) is 32.9 Å². The van der Waals surface area contributed by atoms with Gasteiger partial charge in [0.15, 0.2) is 4.80 Å². The number of benzene rings is 4.